The SMILES string of the molecule is CC(O)(CCO)CCCCCCCCCO. The maximum absolute atomic E-state index is 9.80. The monoisotopic (exact) mass is 232 g/mol. The molecule has 0 amide bonds. The largest absolute Gasteiger partial charge is 0.396 e. The third-order valence-corrected chi connectivity index (χ3v) is 3.02. The molecule has 1 unspecified atom stereocenters. The third-order valence-electron chi connectivity index (χ3n) is 3.02. The van der Waals surface area contributed by atoms with Crippen LogP contribution in [0.2, 0.25) is 0 Å². The average Bonchev–Trinajstić information content (AvgIpc) is 2.22. The van der Waals surface area contributed by atoms with Gasteiger partial charge in [0.15, 0.2) is 0 Å². The summed E-state index contributed by atoms with van der Waals surface area (Å²) >= 11 is 0. The Hall–Kier alpha value is -0.120. The zero-order chi connectivity index (χ0) is 12.3. The van der Waals surface area contributed by atoms with Crippen LogP contribution in [0.5, 0.6) is 0 Å². The van der Waals surface area contributed by atoms with Crippen LogP contribution in [0.1, 0.15) is 64.7 Å². The summed E-state index contributed by atoms with van der Waals surface area (Å²) in [6.07, 6.45) is 9.13. The first-order chi connectivity index (χ1) is 7.62. The molecule has 0 spiro atoms. The number of aliphatic hydroxyl groups excluding tert-OH is 2. The predicted octanol–water partition coefficient (Wildman–Crippen LogP) is 2.23. The highest BCUT2D eigenvalue weighted by Gasteiger charge is 2.18. The van der Waals surface area contributed by atoms with Crippen molar-refractivity contribution >= 4 is 0 Å². The molecule has 0 fully saturated rings. The summed E-state index contributed by atoms with van der Waals surface area (Å²) in [5.41, 5.74) is -0.689. The highest BCUT2D eigenvalue weighted by atomic mass is 16.3. The van der Waals surface area contributed by atoms with Crippen molar-refractivity contribution in [3.63, 3.8) is 0 Å². The predicted molar refractivity (Wildman–Crippen MR) is 66.3 cm³/mol. The number of rotatable bonds is 11. The summed E-state index contributed by atoms with van der Waals surface area (Å²) in [6.45, 7) is 2.17. The molecule has 98 valence electrons. The van der Waals surface area contributed by atoms with Crippen LogP contribution in [0.15, 0.2) is 0 Å². The van der Waals surface area contributed by atoms with Gasteiger partial charge in [0.1, 0.15) is 0 Å². The van der Waals surface area contributed by atoms with E-state index in [-0.39, 0.29) is 6.61 Å². The minimum atomic E-state index is -0.689. The Morgan fingerprint density at radius 1 is 0.688 bits per heavy atom. The lowest BCUT2D eigenvalue weighted by Gasteiger charge is -2.21. The molecule has 0 saturated carbocycles. The lowest BCUT2D eigenvalue weighted by atomic mass is 9.94. The smallest absolute Gasteiger partial charge is 0.0641 e. The van der Waals surface area contributed by atoms with Crippen molar-refractivity contribution in [3.05, 3.63) is 0 Å². The molecule has 0 saturated heterocycles. The quantitative estimate of drug-likeness (QED) is 0.479. The van der Waals surface area contributed by atoms with Gasteiger partial charge in [0.25, 0.3) is 0 Å². The fourth-order valence-corrected chi connectivity index (χ4v) is 1.87. The van der Waals surface area contributed by atoms with Crippen LogP contribution >= 0.6 is 0 Å². The van der Waals surface area contributed by atoms with E-state index in [9.17, 15) is 5.11 Å². The second-order valence-corrected chi connectivity index (χ2v) is 4.92. The molecule has 0 radical (unpaired) electrons. The van der Waals surface area contributed by atoms with Crippen LogP contribution in [0.3, 0.4) is 0 Å². The summed E-state index contributed by atoms with van der Waals surface area (Å²) in [5, 5.41) is 27.1. The second-order valence-electron chi connectivity index (χ2n) is 4.92. The molecule has 0 aliphatic heterocycles. The molecule has 3 heteroatoms. The molecule has 0 aliphatic carbocycles. The van der Waals surface area contributed by atoms with Crippen molar-refractivity contribution in [1.29, 1.82) is 0 Å². The van der Waals surface area contributed by atoms with Gasteiger partial charge in [0.05, 0.1) is 5.60 Å². The van der Waals surface area contributed by atoms with Crippen molar-refractivity contribution in [2.75, 3.05) is 13.2 Å². The van der Waals surface area contributed by atoms with Crippen molar-refractivity contribution in [2.24, 2.45) is 0 Å². The Kier molecular flexibility index (Phi) is 9.99. The Labute approximate surface area is 99.5 Å². The Bertz CT molecular complexity index is 146. The summed E-state index contributed by atoms with van der Waals surface area (Å²) in [4.78, 5) is 0. The molecule has 0 bridgehead atoms. The molecule has 0 heterocycles. The van der Waals surface area contributed by atoms with Gasteiger partial charge in [-0.05, 0) is 26.2 Å². The highest BCUT2D eigenvalue weighted by Crippen LogP contribution is 2.18. The van der Waals surface area contributed by atoms with Crippen LogP contribution in [0.25, 0.3) is 0 Å². The first-order valence-electron chi connectivity index (χ1n) is 6.56. The number of unbranched alkanes of at least 4 members (excludes halogenated alkanes) is 6. The van der Waals surface area contributed by atoms with Crippen LogP contribution < -0.4 is 0 Å². The summed E-state index contributed by atoms with van der Waals surface area (Å²) < 4.78 is 0. The fourth-order valence-electron chi connectivity index (χ4n) is 1.87. The lowest BCUT2D eigenvalue weighted by molar-refractivity contribution is 0.0232. The van der Waals surface area contributed by atoms with Crippen molar-refractivity contribution in [1.82, 2.24) is 0 Å². The van der Waals surface area contributed by atoms with E-state index in [1.165, 1.54) is 19.3 Å². The number of hydrogen-bond acceptors (Lipinski definition) is 3. The van der Waals surface area contributed by atoms with E-state index in [0.29, 0.717) is 13.0 Å². The van der Waals surface area contributed by atoms with Crippen LogP contribution in [0, 0.1) is 0 Å². The molecular weight excluding hydrogens is 204 g/mol. The van der Waals surface area contributed by atoms with Gasteiger partial charge >= 0.3 is 0 Å². The summed E-state index contributed by atoms with van der Waals surface area (Å²) in [6, 6.07) is 0. The summed E-state index contributed by atoms with van der Waals surface area (Å²) in [5.74, 6) is 0. The van der Waals surface area contributed by atoms with E-state index in [4.69, 9.17) is 10.2 Å². The van der Waals surface area contributed by atoms with Crippen molar-refractivity contribution in [3.8, 4) is 0 Å². The van der Waals surface area contributed by atoms with Crippen molar-refractivity contribution < 1.29 is 15.3 Å². The van der Waals surface area contributed by atoms with E-state index >= 15 is 0 Å². The Morgan fingerprint density at radius 2 is 1.19 bits per heavy atom. The normalized spacial score (nSPS) is 15.0. The lowest BCUT2D eigenvalue weighted by Crippen LogP contribution is -2.25. The molecule has 1 atom stereocenters. The van der Waals surface area contributed by atoms with E-state index in [1.807, 2.05) is 0 Å². The first kappa shape index (κ1) is 15.9. The fraction of sp³-hybridized carbons (Fsp3) is 1.00. The van der Waals surface area contributed by atoms with E-state index in [1.54, 1.807) is 6.92 Å². The Balaban J connectivity index is 3.20. The van der Waals surface area contributed by atoms with Gasteiger partial charge in [-0.15, -0.1) is 0 Å². The van der Waals surface area contributed by atoms with Gasteiger partial charge in [0, 0.05) is 13.2 Å². The maximum Gasteiger partial charge on any atom is 0.0641 e. The molecule has 3 N–H and O–H groups in total. The third kappa shape index (κ3) is 10.4. The zero-order valence-corrected chi connectivity index (χ0v) is 10.6. The minimum Gasteiger partial charge on any atom is -0.396 e. The highest BCUT2D eigenvalue weighted by molar-refractivity contribution is 4.71. The number of aliphatic hydroxyl groups is 3. The summed E-state index contributed by atoms with van der Waals surface area (Å²) in [7, 11) is 0. The molecule has 0 aromatic heterocycles. The van der Waals surface area contributed by atoms with Crippen LogP contribution in [0.4, 0.5) is 0 Å². The number of hydrogen-bond donors (Lipinski definition) is 3. The maximum atomic E-state index is 9.80. The van der Waals surface area contributed by atoms with Crippen LogP contribution in [-0.4, -0.2) is 34.1 Å². The average molecular weight is 232 g/mol. The second kappa shape index (κ2) is 10.1. The molecule has 16 heavy (non-hydrogen) atoms. The molecule has 3 nitrogen and oxygen atoms in total. The first-order valence-corrected chi connectivity index (χ1v) is 6.56. The molecular formula is C13H28O3. The topological polar surface area (TPSA) is 60.7 Å². The van der Waals surface area contributed by atoms with E-state index < -0.39 is 5.60 Å². The van der Waals surface area contributed by atoms with Gasteiger partial charge < -0.3 is 15.3 Å². The van der Waals surface area contributed by atoms with Crippen LogP contribution in [-0.2, 0) is 0 Å². The zero-order valence-electron chi connectivity index (χ0n) is 10.6. The van der Waals surface area contributed by atoms with E-state index in [2.05, 4.69) is 0 Å². The van der Waals surface area contributed by atoms with Gasteiger partial charge in [-0.25, -0.2) is 0 Å². The Morgan fingerprint density at radius 3 is 1.69 bits per heavy atom. The van der Waals surface area contributed by atoms with Gasteiger partial charge in [0.2, 0.25) is 0 Å². The molecule has 0 aromatic carbocycles. The standard InChI is InChI=1S/C13H28O3/c1-13(16,10-12-15)9-7-5-3-2-4-6-8-11-14/h14-16H,2-12H2,1H3. The van der Waals surface area contributed by atoms with E-state index in [0.717, 1.165) is 32.1 Å². The molecule has 0 rings (SSSR count). The van der Waals surface area contributed by atoms with Gasteiger partial charge in [-0.2, -0.15) is 0 Å². The minimum absolute atomic E-state index is 0.0637. The molecule has 0 aliphatic rings. The molecule has 0 aromatic rings. The van der Waals surface area contributed by atoms with Crippen molar-refractivity contribution in [2.45, 2.75) is 70.3 Å². The van der Waals surface area contributed by atoms with Gasteiger partial charge in [-0.1, -0.05) is 38.5 Å². The van der Waals surface area contributed by atoms with Gasteiger partial charge in [-0.3, -0.25) is 0 Å².